The molecule has 0 aliphatic heterocycles. The summed E-state index contributed by atoms with van der Waals surface area (Å²) in [5.74, 6) is -0.536. The monoisotopic (exact) mass is 192 g/mol. The maximum absolute atomic E-state index is 10.3. The second-order valence-electron chi connectivity index (χ2n) is 2.50. The summed E-state index contributed by atoms with van der Waals surface area (Å²) in [5.41, 5.74) is 7.42. The van der Waals surface area contributed by atoms with Gasteiger partial charge in [-0.25, -0.2) is 0 Å². The molecule has 0 rings (SSSR count). The molecule has 78 valence electrons. The number of hydroxylamine groups is 1. The van der Waals surface area contributed by atoms with Crippen LogP contribution in [-0.4, -0.2) is 39.1 Å². The maximum atomic E-state index is 10.3. The van der Waals surface area contributed by atoms with Crippen LogP contribution in [-0.2, 0) is 19.1 Å². The lowest BCUT2D eigenvalue weighted by Crippen LogP contribution is -2.41. The fraction of sp³-hybridized carbons (Fsp3) is 0.857. The van der Waals surface area contributed by atoms with Crippen molar-refractivity contribution in [3.8, 4) is 0 Å². The van der Waals surface area contributed by atoms with Crippen LogP contribution in [0.1, 0.15) is 6.92 Å². The van der Waals surface area contributed by atoms with Crippen LogP contribution in [0.2, 0.25) is 0 Å². The molecule has 0 aromatic heterocycles. The number of carbonyl (C=O) groups is 1. The Hall–Kier alpha value is -0.690. The van der Waals surface area contributed by atoms with Crippen molar-refractivity contribution in [3.05, 3.63) is 0 Å². The minimum Gasteiger partial charge on any atom is -0.368 e. The molecule has 6 heteroatoms. The summed E-state index contributed by atoms with van der Waals surface area (Å²) in [4.78, 5) is 15.0. The number of amides is 1. The second kappa shape index (κ2) is 6.79. The van der Waals surface area contributed by atoms with Gasteiger partial charge in [0, 0.05) is 14.2 Å². The van der Waals surface area contributed by atoms with Crippen molar-refractivity contribution in [1.29, 1.82) is 0 Å². The molecule has 0 aromatic rings. The van der Waals surface area contributed by atoms with Gasteiger partial charge in [-0.15, -0.1) is 0 Å². The van der Waals surface area contributed by atoms with Crippen molar-refractivity contribution >= 4 is 5.91 Å². The van der Waals surface area contributed by atoms with E-state index in [9.17, 15) is 4.79 Å². The highest BCUT2D eigenvalue weighted by atomic mass is 16.7. The summed E-state index contributed by atoms with van der Waals surface area (Å²) in [6, 6.07) is -0.186. The van der Waals surface area contributed by atoms with Crippen molar-refractivity contribution < 1.29 is 19.1 Å². The van der Waals surface area contributed by atoms with E-state index in [0.29, 0.717) is 0 Å². The van der Waals surface area contributed by atoms with Crippen molar-refractivity contribution in [2.75, 3.05) is 20.8 Å². The minimum atomic E-state index is -0.536. The molecule has 0 aliphatic rings. The van der Waals surface area contributed by atoms with Crippen molar-refractivity contribution in [2.24, 2.45) is 5.73 Å². The molecule has 3 N–H and O–H groups in total. The van der Waals surface area contributed by atoms with E-state index in [0.717, 1.165) is 0 Å². The number of ether oxygens (including phenoxy) is 2. The number of hydrogen-bond acceptors (Lipinski definition) is 5. The lowest BCUT2D eigenvalue weighted by Gasteiger charge is -2.21. The average molecular weight is 192 g/mol. The van der Waals surface area contributed by atoms with Gasteiger partial charge in [0.15, 0.2) is 6.29 Å². The van der Waals surface area contributed by atoms with Gasteiger partial charge in [0.1, 0.15) is 6.61 Å². The van der Waals surface area contributed by atoms with Gasteiger partial charge >= 0.3 is 0 Å². The highest BCUT2D eigenvalue weighted by Crippen LogP contribution is 1.97. The molecule has 13 heavy (non-hydrogen) atoms. The van der Waals surface area contributed by atoms with Crippen LogP contribution in [0.5, 0.6) is 0 Å². The first-order chi connectivity index (χ1) is 6.11. The van der Waals surface area contributed by atoms with Crippen LogP contribution < -0.4 is 11.2 Å². The Labute approximate surface area is 77.3 Å². The topological polar surface area (TPSA) is 82.8 Å². The normalized spacial score (nSPS) is 13.2. The molecule has 0 heterocycles. The summed E-state index contributed by atoms with van der Waals surface area (Å²) >= 11 is 0. The van der Waals surface area contributed by atoms with Crippen LogP contribution in [0.15, 0.2) is 0 Å². The first-order valence-electron chi connectivity index (χ1n) is 3.83. The Kier molecular flexibility index (Phi) is 6.43. The third kappa shape index (κ3) is 5.53. The van der Waals surface area contributed by atoms with E-state index < -0.39 is 12.2 Å². The van der Waals surface area contributed by atoms with Crippen LogP contribution in [0.3, 0.4) is 0 Å². The first-order valence-corrected chi connectivity index (χ1v) is 3.83. The van der Waals surface area contributed by atoms with E-state index in [1.54, 1.807) is 6.92 Å². The quantitative estimate of drug-likeness (QED) is 0.399. The van der Waals surface area contributed by atoms with Crippen molar-refractivity contribution in [2.45, 2.75) is 19.3 Å². The van der Waals surface area contributed by atoms with E-state index in [1.807, 2.05) is 0 Å². The van der Waals surface area contributed by atoms with Crippen molar-refractivity contribution in [1.82, 2.24) is 5.48 Å². The largest absolute Gasteiger partial charge is 0.368 e. The van der Waals surface area contributed by atoms with Crippen molar-refractivity contribution in [3.63, 3.8) is 0 Å². The molecule has 0 radical (unpaired) electrons. The Balaban J connectivity index is 3.59. The van der Waals surface area contributed by atoms with Gasteiger partial charge in [-0.3, -0.25) is 9.63 Å². The van der Waals surface area contributed by atoms with Crippen LogP contribution in [0.25, 0.3) is 0 Å². The summed E-state index contributed by atoms with van der Waals surface area (Å²) in [6.45, 7) is 1.61. The lowest BCUT2D eigenvalue weighted by atomic mass is 10.3. The molecular formula is C7H16N2O4. The van der Waals surface area contributed by atoms with Gasteiger partial charge in [0.2, 0.25) is 5.91 Å². The predicted octanol–water partition coefficient (Wildman–Crippen LogP) is -1.000. The van der Waals surface area contributed by atoms with Crippen LogP contribution in [0, 0.1) is 0 Å². The summed E-state index contributed by atoms with van der Waals surface area (Å²) in [6.07, 6.45) is -0.423. The smallest absolute Gasteiger partial charge is 0.245 e. The molecule has 1 unspecified atom stereocenters. The number of primary amides is 1. The molecule has 6 nitrogen and oxygen atoms in total. The zero-order valence-corrected chi connectivity index (χ0v) is 8.07. The zero-order valence-electron chi connectivity index (χ0n) is 8.07. The third-order valence-electron chi connectivity index (χ3n) is 1.36. The fourth-order valence-electron chi connectivity index (χ4n) is 0.804. The first kappa shape index (κ1) is 12.3. The van der Waals surface area contributed by atoms with Gasteiger partial charge in [-0.1, -0.05) is 0 Å². The minimum absolute atomic E-state index is 0.176. The van der Waals surface area contributed by atoms with E-state index in [4.69, 9.17) is 20.0 Å². The number of nitrogens with two attached hydrogens (primary N) is 1. The Morgan fingerprint density at radius 1 is 1.46 bits per heavy atom. The van der Waals surface area contributed by atoms with Gasteiger partial charge in [0.05, 0.1) is 6.04 Å². The van der Waals surface area contributed by atoms with Crippen LogP contribution >= 0.6 is 0 Å². The summed E-state index contributed by atoms with van der Waals surface area (Å²) < 4.78 is 9.88. The lowest BCUT2D eigenvalue weighted by molar-refractivity contribution is -0.151. The van der Waals surface area contributed by atoms with Gasteiger partial charge in [0.25, 0.3) is 0 Å². The van der Waals surface area contributed by atoms with Gasteiger partial charge in [-0.2, -0.15) is 5.48 Å². The Bertz CT molecular complexity index is 149. The van der Waals surface area contributed by atoms with E-state index in [-0.39, 0.29) is 12.6 Å². The molecule has 0 aliphatic carbocycles. The SMILES string of the molecule is COC(OC)C(C)NOCC(N)=O. The highest BCUT2D eigenvalue weighted by Gasteiger charge is 2.15. The molecule has 0 spiro atoms. The highest BCUT2D eigenvalue weighted by molar-refractivity contribution is 5.74. The maximum Gasteiger partial charge on any atom is 0.245 e. The fourth-order valence-corrected chi connectivity index (χ4v) is 0.804. The number of methoxy groups -OCH3 is 2. The van der Waals surface area contributed by atoms with E-state index in [2.05, 4.69) is 5.48 Å². The predicted molar refractivity (Wildman–Crippen MR) is 45.6 cm³/mol. The molecule has 0 fully saturated rings. The zero-order chi connectivity index (χ0) is 10.3. The van der Waals surface area contributed by atoms with Gasteiger partial charge < -0.3 is 15.2 Å². The molecule has 0 aromatic carbocycles. The molecule has 1 amide bonds. The number of hydrogen-bond donors (Lipinski definition) is 2. The Morgan fingerprint density at radius 2 is 2.00 bits per heavy atom. The Morgan fingerprint density at radius 3 is 2.38 bits per heavy atom. The van der Waals surface area contributed by atoms with E-state index >= 15 is 0 Å². The molecule has 0 saturated heterocycles. The van der Waals surface area contributed by atoms with Crippen LogP contribution in [0.4, 0.5) is 0 Å². The summed E-state index contributed by atoms with van der Waals surface area (Å²) in [5, 5.41) is 0. The standard InChI is InChI=1S/C7H16N2O4/c1-5(7(11-2)12-3)9-13-4-6(8)10/h5,7,9H,4H2,1-3H3,(H2,8,10). The average Bonchev–Trinajstić information content (AvgIpc) is 2.05. The van der Waals surface area contributed by atoms with Gasteiger partial charge in [-0.05, 0) is 6.92 Å². The second-order valence-corrected chi connectivity index (χ2v) is 2.50. The molecule has 1 atom stereocenters. The van der Waals surface area contributed by atoms with E-state index in [1.165, 1.54) is 14.2 Å². The number of nitrogens with one attached hydrogen (secondary N) is 1. The molecular weight excluding hydrogens is 176 g/mol. The summed E-state index contributed by atoms with van der Waals surface area (Å²) in [7, 11) is 3.03. The molecule has 0 saturated carbocycles. The number of carbonyl (C=O) groups excluding carboxylic acids is 1. The molecule has 0 bridgehead atoms. The third-order valence-corrected chi connectivity index (χ3v) is 1.36. The number of rotatable bonds is 7.